The zero-order valence-electron chi connectivity index (χ0n) is 19.4. The first-order valence-electron chi connectivity index (χ1n) is 11.6. The number of nitrogens with one attached hydrogen (secondary N) is 1. The predicted molar refractivity (Wildman–Crippen MR) is 127 cm³/mol. The van der Waals surface area contributed by atoms with Crippen molar-refractivity contribution >= 4 is 5.91 Å². The summed E-state index contributed by atoms with van der Waals surface area (Å²) in [5, 5.41) is 6.98. The minimum Gasteiger partial charge on any atom is -0.497 e. The first kappa shape index (κ1) is 23.0. The number of nitrogens with zero attached hydrogens (tertiary/aromatic N) is 3. The molecule has 2 aromatic carbocycles. The molecule has 2 heterocycles. The van der Waals surface area contributed by atoms with E-state index < -0.39 is 0 Å². The van der Waals surface area contributed by atoms with Crippen LogP contribution in [0.3, 0.4) is 0 Å². The maximum atomic E-state index is 12.3. The van der Waals surface area contributed by atoms with Gasteiger partial charge in [0.05, 0.1) is 7.11 Å². The Kier molecular flexibility index (Phi) is 7.73. The number of aromatic nitrogens is 2. The van der Waals surface area contributed by atoms with Gasteiger partial charge in [-0.15, -0.1) is 0 Å². The summed E-state index contributed by atoms with van der Waals surface area (Å²) >= 11 is 0. The smallest absolute Gasteiger partial charge is 0.227 e. The Balaban J connectivity index is 1.19. The van der Waals surface area contributed by atoms with Crippen molar-refractivity contribution in [3.63, 3.8) is 0 Å². The highest BCUT2D eigenvalue weighted by Crippen LogP contribution is 2.20. The molecule has 1 N–H and O–H groups in total. The SMILES string of the molecule is COc1ccc(-c2noc(CCC(=O)NCc3ccc(CN4CCC(C)CC4)cc3)n2)cc1. The van der Waals surface area contributed by atoms with Crippen molar-refractivity contribution in [3.05, 3.63) is 65.5 Å². The van der Waals surface area contributed by atoms with Gasteiger partial charge in [0, 0.05) is 31.5 Å². The molecule has 0 spiro atoms. The highest BCUT2D eigenvalue weighted by atomic mass is 16.5. The average Bonchev–Trinajstić information content (AvgIpc) is 3.33. The Morgan fingerprint density at radius 1 is 1.09 bits per heavy atom. The molecule has 33 heavy (non-hydrogen) atoms. The molecule has 7 nitrogen and oxygen atoms in total. The van der Waals surface area contributed by atoms with Gasteiger partial charge < -0.3 is 14.6 Å². The van der Waals surface area contributed by atoms with Crippen LogP contribution in [0.15, 0.2) is 53.1 Å². The Bertz CT molecular complexity index is 1020. The first-order valence-corrected chi connectivity index (χ1v) is 11.6. The van der Waals surface area contributed by atoms with Crippen molar-refractivity contribution in [1.29, 1.82) is 0 Å². The average molecular weight is 449 g/mol. The van der Waals surface area contributed by atoms with E-state index >= 15 is 0 Å². The van der Waals surface area contributed by atoms with Gasteiger partial charge >= 0.3 is 0 Å². The molecule has 174 valence electrons. The van der Waals surface area contributed by atoms with Gasteiger partial charge in [-0.3, -0.25) is 9.69 Å². The number of ether oxygens (including phenoxy) is 1. The van der Waals surface area contributed by atoms with Gasteiger partial charge in [0.15, 0.2) is 0 Å². The molecule has 0 bridgehead atoms. The lowest BCUT2D eigenvalue weighted by atomic mass is 9.99. The van der Waals surface area contributed by atoms with Crippen molar-refractivity contribution in [2.75, 3.05) is 20.2 Å². The summed E-state index contributed by atoms with van der Waals surface area (Å²) in [6, 6.07) is 16.0. The van der Waals surface area contributed by atoms with E-state index in [1.807, 2.05) is 24.3 Å². The summed E-state index contributed by atoms with van der Waals surface area (Å²) in [7, 11) is 1.62. The maximum Gasteiger partial charge on any atom is 0.227 e. The Hall–Kier alpha value is -3.19. The van der Waals surface area contributed by atoms with Crippen LogP contribution in [0.1, 0.15) is 43.2 Å². The third kappa shape index (κ3) is 6.65. The largest absolute Gasteiger partial charge is 0.497 e. The molecule has 1 saturated heterocycles. The molecule has 0 saturated carbocycles. The van der Waals surface area contributed by atoms with Crippen molar-refractivity contribution in [2.24, 2.45) is 5.92 Å². The lowest BCUT2D eigenvalue weighted by molar-refractivity contribution is -0.121. The number of hydrogen-bond donors (Lipinski definition) is 1. The summed E-state index contributed by atoms with van der Waals surface area (Å²) in [4.78, 5) is 19.2. The van der Waals surface area contributed by atoms with E-state index in [4.69, 9.17) is 9.26 Å². The van der Waals surface area contributed by atoms with Crippen LogP contribution in [0.2, 0.25) is 0 Å². The van der Waals surface area contributed by atoms with Gasteiger partial charge in [-0.25, -0.2) is 0 Å². The number of carbonyl (C=O) groups is 1. The second kappa shape index (κ2) is 11.1. The van der Waals surface area contributed by atoms with Crippen LogP contribution >= 0.6 is 0 Å². The van der Waals surface area contributed by atoms with Crippen LogP contribution < -0.4 is 10.1 Å². The number of piperidine rings is 1. The fraction of sp³-hybridized carbons (Fsp3) is 0.423. The quantitative estimate of drug-likeness (QED) is 0.528. The molecule has 1 amide bonds. The molecule has 1 fully saturated rings. The number of hydrogen-bond acceptors (Lipinski definition) is 6. The zero-order chi connectivity index (χ0) is 23.0. The highest BCUT2D eigenvalue weighted by molar-refractivity contribution is 5.76. The van der Waals surface area contributed by atoms with Gasteiger partial charge in [-0.05, 0) is 67.2 Å². The fourth-order valence-electron chi connectivity index (χ4n) is 3.96. The summed E-state index contributed by atoms with van der Waals surface area (Å²) in [6.45, 7) is 6.22. The third-order valence-electron chi connectivity index (χ3n) is 6.18. The van der Waals surface area contributed by atoms with E-state index in [0.29, 0.717) is 31.1 Å². The van der Waals surface area contributed by atoms with Gasteiger partial charge in [-0.2, -0.15) is 4.98 Å². The molecule has 0 aliphatic carbocycles. The molecular weight excluding hydrogens is 416 g/mol. The number of rotatable bonds is 9. The lowest BCUT2D eigenvalue weighted by Crippen LogP contribution is -2.32. The molecule has 1 aromatic heterocycles. The van der Waals surface area contributed by atoms with Gasteiger partial charge in [-0.1, -0.05) is 36.3 Å². The Morgan fingerprint density at radius 2 is 1.79 bits per heavy atom. The van der Waals surface area contributed by atoms with Crippen LogP contribution in [-0.2, 0) is 24.3 Å². The van der Waals surface area contributed by atoms with Crippen molar-refractivity contribution < 1.29 is 14.1 Å². The summed E-state index contributed by atoms with van der Waals surface area (Å²) < 4.78 is 10.5. The van der Waals surface area contributed by atoms with E-state index in [1.165, 1.54) is 31.5 Å². The van der Waals surface area contributed by atoms with Crippen LogP contribution in [0.25, 0.3) is 11.4 Å². The number of methoxy groups -OCH3 is 1. The Morgan fingerprint density at radius 3 is 2.48 bits per heavy atom. The predicted octanol–water partition coefficient (Wildman–Crippen LogP) is 4.23. The number of amides is 1. The molecule has 4 rings (SSSR count). The number of carbonyl (C=O) groups excluding carboxylic acids is 1. The standard InChI is InChI=1S/C26H32N4O3/c1-19-13-15-30(16-14-19)18-21-5-3-20(4-6-21)17-27-24(31)11-12-25-28-26(29-33-25)22-7-9-23(32-2)10-8-22/h3-10,19H,11-18H2,1-2H3,(H,27,31). The van der Waals surface area contributed by atoms with Crippen LogP contribution in [0.5, 0.6) is 5.75 Å². The van der Waals surface area contributed by atoms with E-state index in [0.717, 1.165) is 29.3 Å². The molecular formula is C26H32N4O3. The Labute approximate surface area is 195 Å². The summed E-state index contributed by atoms with van der Waals surface area (Å²) in [6.07, 6.45) is 3.28. The van der Waals surface area contributed by atoms with Crippen molar-refractivity contribution in [2.45, 2.75) is 45.7 Å². The molecule has 7 heteroatoms. The molecule has 0 radical (unpaired) electrons. The van der Waals surface area contributed by atoms with Gasteiger partial charge in [0.25, 0.3) is 0 Å². The lowest BCUT2D eigenvalue weighted by Gasteiger charge is -2.30. The van der Waals surface area contributed by atoms with E-state index in [1.54, 1.807) is 7.11 Å². The van der Waals surface area contributed by atoms with Crippen LogP contribution in [-0.4, -0.2) is 41.1 Å². The van der Waals surface area contributed by atoms with Crippen LogP contribution in [0, 0.1) is 5.92 Å². The normalized spacial score (nSPS) is 14.8. The summed E-state index contributed by atoms with van der Waals surface area (Å²) in [5.41, 5.74) is 3.26. The third-order valence-corrected chi connectivity index (χ3v) is 6.18. The van der Waals surface area contributed by atoms with Crippen LogP contribution in [0.4, 0.5) is 0 Å². The van der Waals surface area contributed by atoms with Crippen molar-refractivity contribution in [3.8, 4) is 17.1 Å². The van der Waals surface area contributed by atoms with Gasteiger partial charge in [0.2, 0.25) is 17.6 Å². The monoisotopic (exact) mass is 448 g/mol. The first-order chi connectivity index (χ1) is 16.1. The fourth-order valence-corrected chi connectivity index (χ4v) is 3.96. The number of likely N-dealkylation sites (tertiary alicyclic amines) is 1. The minimum absolute atomic E-state index is 0.0364. The maximum absolute atomic E-state index is 12.3. The topological polar surface area (TPSA) is 80.5 Å². The molecule has 0 atom stereocenters. The number of aryl methyl sites for hydroxylation is 1. The summed E-state index contributed by atoms with van der Waals surface area (Å²) in [5.74, 6) is 2.54. The zero-order valence-corrected chi connectivity index (χ0v) is 19.4. The molecule has 0 unspecified atom stereocenters. The van der Waals surface area contributed by atoms with Crippen molar-refractivity contribution in [1.82, 2.24) is 20.4 Å². The highest BCUT2D eigenvalue weighted by Gasteiger charge is 2.15. The molecule has 3 aromatic rings. The van der Waals surface area contributed by atoms with Gasteiger partial charge in [0.1, 0.15) is 5.75 Å². The van der Waals surface area contributed by atoms with E-state index in [-0.39, 0.29) is 5.91 Å². The van der Waals surface area contributed by atoms with E-state index in [2.05, 4.69) is 51.5 Å². The second-order valence-electron chi connectivity index (χ2n) is 8.79. The second-order valence-corrected chi connectivity index (χ2v) is 8.79. The molecule has 1 aliphatic heterocycles. The molecule has 1 aliphatic rings. The number of benzene rings is 2. The van der Waals surface area contributed by atoms with E-state index in [9.17, 15) is 4.79 Å². The minimum atomic E-state index is -0.0364.